The van der Waals surface area contributed by atoms with E-state index in [4.69, 9.17) is 21.1 Å². The third-order valence-corrected chi connectivity index (χ3v) is 5.81. The Morgan fingerprint density at radius 1 is 1.10 bits per heavy atom. The van der Waals surface area contributed by atoms with E-state index in [-0.39, 0.29) is 11.5 Å². The second kappa shape index (κ2) is 10.5. The molecule has 0 spiro atoms. The number of aromatic nitrogens is 3. The molecule has 1 aromatic heterocycles. The molecule has 1 atom stereocenters. The van der Waals surface area contributed by atoms with Gasteiger partial charge in [0.25, 0.3) is 0 Å². The zero-order chi connectivity index (χ0) is 22.4. The highest BCUT2D eigenvalue weighted by molar-refractivity contribution is 7.99. The largest absolute Gasteiger partial charge is 0.490 e. The minimum atomic E-state index is -0.500. The number of thioether (sulfide) groups is 1. The zero-order valence-electron chi connectivity index (χ0n) is 17.4. The molecule has 0 N–H and O–H groups in total. The molecule has 2 aromatic carbocycles. The first-order valence-electron chi connectivity index (χ1n) is 9.78. The van der Waals surface area contributed by atoms with Gasteiger partial charge in [-0.3, -0.25) is 14.7 Å². The topological polar surface area (TPSA) is 92.3 Å². The van der Waals surface area contributed by atoms with Crippen molar-refractivity contribution >= 4 is 23.4 Å². The molecule has 0 saturated heterocycles. The van der Waals surface area contributed by atoms with Gasteiger partial charge in [-0.25, -0.2) is 0 Å². The summed E-state index contributed by atoms with van der Waals surface area (Å²) in [5.41, 5.74) is 1.58. The van der Waals surface area contributed by atoms with Crippen LogP contribution < -0.4 is 9.47 Å². The molecule has 10 heteroatoms. The number of aryl methyl sites for hydroxylation is 1. The molecule has 3 aromatic rings. The van der Waals surface area contributed by atoms with Crippen molar-refractivity contribution in [2.75, 3.05) is 19.8 Å². The minimum Gasteiger partial charge on any atom is -0.490 e. The van der Waals surface area contributed by atoms with Crippen LogP contribution in [0.25, 0.3) is 5.69 Å². The number of nitro groups is 1. The monoisotopic (exact) mass is 462 g/mol. The van der Waals surface area contributed by atoms with Gasteiger partial charge in [-0.15, -0.1) is 10.2 Å². The second-order valence-corrected chi connectivity index (χ2v) is 8.14. The van der Waals surface area contributed by atoms with Crippen LogP contribution in [0.1, 0.15) is 30.5 Å². The van der Waals surface area contributed by atoms with Crippen molar-refractivity contribution in [2.45, 2.75) is 31.2 Å². The summed E-state index contributed by atoms with van der Waals surface area (Å²) in [4.78, 5) is 11.1. The maximum atomic E-state index is 11.4. The maximum Gasteiger partial charge on any atom is 0.220 e. The Bertz CT molecular complexity index is 1040. The molecule has 0 aliphatic heterocycles. The Balaban J connectivity index is 1.97. The average molecular weight is 463 g/mol. The van der Waals surface area contributed by atoms with Crippen LogP contribution in [0.15, 0.2) is 47.6 Å². The van der Waals surface area contributed by atoms with Gasteiger partial charge in [0.05, 0.1) is 13.2 Å². The molecule has 0 unspecified atom stereocenters. The van der Waals surface area contributed by atoms with E-state index in [1.54, 1.807) is 24.3 Å². The first-order valence-corrected chi connectivity index (χ1v) is 11.0. The van der Waals surface area contributed by atoms with Gasteiger partial charge in [-0.05, 0) is 62.7 Å². The first kappa shape index (κ1) is 22.9. The fourth-order valence-electron chi connectivity index (χ4n) is 3.05. The van der Waals surface area contributed by atoms with Gasteiger partial charge in [0.2, 0.25) is 6.54 Å². The third-order valence-electron chi connectivity index (χ3n) is 4.38. The maximum absolute atomic E-state index is 11.4. The SMILES string of the molecule is CCOc1ccc([C@H](C[N+](=O)[O-])Sc2nnc(C)n2-c2ccc(Cl)cc2)cc1OCC. The highest BCUT2D eigenvalue weighted by Crippen LogP contribution is 2.39. The van der Waals surface area contributed by atoms with Gasteiger partial charge in [-0.1, -0.05) is 29.4 Å². The van der Waals surface area contributed by atoms with Gasteiger partial charge < -0.3 is 9.47 Å². The summed E-state index contributed by atoms with van der Waals surface area (Å²) < 4.78 is 13.2. The number of nitrogens with zero attached hydrogens (tertiary/aromatic N) is 4. The molecule has 8 nitrogen and oxygen atoms in total. The van der Waals surface area contributed by atoms with Gasteiger partial charge in [0.1, 0.15) is 11.1 Å². The Morgan fingerprint density at radius 2 is 1.77 bits per heavy atom. The molecule has 0 aliphatic carbocycles. The summed E-state index contributed by atoms with van der Waals surface area (Å²) in [5, 5.41) is 20.5. The molecular weight excluding hydrogens is 440 g/mol. The third kappa shape index (κ3) is 5.68. The highest BCUT2D eigenvalue weighted by Gasteiger charge is 2.25. The lowest BCUT2D eigenvalue weighted by atomic mass is 10.1. The van der Waals surface area contributed by atoms with Crippen molar-refractivity contribution in [3.05, 3.63) is 69.0 Å². The lowest BCUT2D eigenvalue weighted by Gasteiger charge is -2.17. The molecular formula is C21H23ClN4O4S. The van der Waals surface area contributed by atoms with E-state index in [0.717, 1.165) is 11.3 Å². The number of halogens is 1. The quantitative estimate of drug-likeness (QED) is 0.234. The van der Waals surface area contributed by atoms with E-state index in [2.05, 4.69) is 10.2 Å². The van der Waals surface area contributed by atoms with E-state index >= 15 is 0 Å². The predicted molar refractivity (Wildman–Crippen MR) is 120 cm³/mol. The van der Waals surface area contributed by atoms with Crippen LogP contribution in [0.4, 0.5) is 0 Å². The summed E-state index contributed by atoms with van der Waals surface area (Å²) >= 11 is 7.29. The van der Waals surface area contributed by atoms with Crippen LogP contribution in [0.2, 0.25) is 5.02 Å². The lowest BCUT2D eigenvalue weighted by molar-refractivity contribution is -0.479. The number of hydrogen-bond acceptors (Lipinski definition) is 7. The summed E-state index contributed by atoms with van der Waals surface area (Å²) in [5.74, 6) is 1.84. The molecule has 31 heavy (non-hydrogen) atoms. The summed E-state index contributed by atoms with van der Waals surface area (Å²) in [6.45, 7) is 6.27. The Morgan fingerprint density at radius 3 is 2.42 bits per heavy atom. The lowest BCUT2D eigenvalue weighted by Crippen LogP contribution is -2.11. The van der Waals surface area contributed by atoms with Crippen molar-refractivity contribution in [1.29, 1.82) is 0 Å². The van der Waals surface area contributed by atoms with E-state index in [9.17, 15) is 10.1 Å². The van der Waals surface area contributed by atoms with Gasteiger partial charge in [0, 0.05) is 15.6 Å². The number of hydrogen-bond donors (Lipinski definition) is 0. The van der Waals surface area contributed by atoms with E-state index in [0.29, 0.717) is 40.7 Å². The molecule has 0 amide bonds. The average Bonchev–Trinajstić information content (AvgIpc) is 3.09. The van der Waals surface area contributed by atoms with Gasteiger partial charge in [0.15, 0.2) is 16.7 Å². The van der Waals surface area contributed by atoms with Gasteiger partial charge in [-0.2, -0.15) is 0 Å². The molecule has 1 heterocycles. The number of ether oxygens (including phenoxy) is 2. The molecule has 0 fully saturated rings. The Kier molecular flexibility index (Phi) is 7.75. The Labute approximate surface area is 189 Å². The van der Waals surface area contributed by atoms with Crippen LogP contribution in [-0.2, 0) is 0 Å². The highest BCUT2D eigenvalue weighted by atomic mass is 35.5. The van der Waals surface area contributed by atoms with Crippen LogP contribution in [0, 0.1) is 17.0 Å². The van der Waals surface area contributed by atoms with E-state index in [1.165, 1.54) is 11.8 Å². The van der Waals surface area contributed by atoms with Crippen LogP contribution in [0.5, 0.6) is 11.5 Å². The van der Waals surface area contributed by atoms with Crippen molar-refractivity contribution in [1.82, 2.24) is 14.8 Å². The van der Waals surface area contributed by atoms with E-state index < -0.39 is 5.25 Å². The van der Waals surface area contributed by atoms with Crippen molar-refractivity contribution in [3.8, 4) is 17.2 Å². The predicted octanol–water partition coefficient (Wildman–Crippen LogP) is 5.14. The fraction of sp³-hybridized carbons (Fsp3) is 0.333. The number of benzene rings is 2. The standard InChI is InChI=1S/C21H23ClN4O4S/c1-4-29-18-11-6-15(12-19(18)30-5-2)20(13-25(27)28)31-21-24-23-14(3)26(21)17-9-7-16(22)8-10-17/h6-12,20H,4-5,13H2,1-3H3/t20-/m0/s1. The summed E-state index contributed by atoms with van der Waals surface area (Å²) in [7, 11) is 0. The van der Waals surface area contributed by atoms with Crippen LogP contribution >= 0.6 is 23.4 Å². The molecule has 0 bridgehead atoms. The molecule has 0 radical (unpaired) electrons. The summed E-state index contributed by atoms with van der Waals surface area (Å²) in [6.07, 6.45) is 0. The normalized spacial score (nSPS) is 11.9. The van der Waals surface area contributed by atoms with Crippen molar-refractivity contribution in [2.24, 2.45) is 0 Å². The van der Waals surface area contributed by atoms with Crippen LogP contribution in [-0.4, -0.2) is 39.4 Å². The number of rotatable bonds is 10. The van der Waals surface area contributed by atoms with Crippen molar-refractivity contribution in [3.63, 3.8) is 0 Å². The van der Waals surface area contributed by atoms with E-state index in [1.807, 2.05) is 43.5 Å². The Hall–Kier alpha value is -2.78. The molecule has 164 valence electrons. The fourth-order valence-corrected chi connectivity index (χ4v) is 4.34. The van der Waals surface area contributed by atoms with Gasteiger partial charge >= 0.3 is 0 Å². The van der Waals surface area contributed by atoms with Crippen molar-refractivity contribution < 1.29 is 14.4 Å². The first-order chi connectivity index (χ1) is 14.9. The summed E-state index contributed by atoms with van der Waals surface area (Å²) in [6, 6.07) is 12.7. The molecule has 0 saturated carbocycles. The molecule has 0 aliphatic rings. The minimum absolute atomic E-state index is 0.281. The molecule has 3 rings (SSSR count). The van der Waals surface area contributed by atoms with Crippen LogP contribution in [0.3, 0.4) is 0 Å². The smallest absolute Gasteiger partial charge is 0.220 e. The second-order valence-electron chi connectivity index (χ2n) is 6.54. The zero-order valence-corrected chi connectivity index (χ0v) is 19.0.